The van der Waals surface area contributed by atoms with E-state index in [1.165, 1.54) is 0 Å². The number of benzene rings is 1. The van der Waals surface area contributed by atoms with Crippen LogP contribution < -0.4 is 0 Å². The van der Waals surface area contributed by atoms with Gasteiger partial charge in [-0.25, -0.2) is 4.79 Å². The van der Waals surface area contributed by atoms with Crippen molar-refractivity contribution in [1.82, 2.24) is 0 Å². The van der Waals surface area contributed by atoms with Crippen LogP contribution in [0.15, 0.2) is 44.1 Å². The first-order valence-electron chi connectivity index (χ1n) is 5.27. The van der Waals surface area contributed by atoms with Crippen LogP contribution in [0.25, 0.3) is 0 Å². The van der Waals surface area contributed by atoms with Crippen LogP contribution in [0.3, 0.4) is 0 Å². The molecule has 0 atom stereocenters. The predicted molar refractivity (Wildman–Crippen MR) is 74.1 cm³/mol. The molecule has 1 heterocycles. The molecule has 0 aliphatic heterocycles. The van der Waals surface area contributed by atoms with Gasteiger partial charge in [0, 0.05) is 14.9 Å². The summed E-state index contributed by atoms with van der Waals surface area (Å²) < 4.78 is 6.32. The Kier molecular flexibility index (Phi) is 4.14. The van der Waals surface area contributed by atoms with Crippen molar-refractivity contribution in [2.24, 2.45) is 0 Å². The van der Waals surface area contributed by atoms with Gasteiger partial charge in [0.1, 0.15) is 5.76 Å². The van der Waals surface area contributed by atoms with Crippen molar-refractivity contribution in [3.8, 4) is 0 Å². The molecule has 94 valence electrons. The van der Waals surface area contributed by atoms with E-state index in [1.807, 2.05) is 24.3 Å². The third-order valence-electron chi connectivity index (χ3n) is 2.34. The maximum atomic E-state index is 10.8. The van der Waals surface area contributed by atoms with Crippen molar-refractivity contribution in [2.75, 3.05) is 0 Å². The predicted octanol–water partition coefficient (Wildman–Crippen LogP) is 4.34. The summed E-state index contributed by atoms with van der Waals surface area (Å²) in [5.74, 6) is 0.297. The van der Waals surface area contributed by atoms with Gasteiger partial charge in [0.15, 0.2) is 0 Å². The first kappa shape index (κ1) is 13.2. The lowest BCUT2D eigenvalue weighted by atomic mass is 10.3. The molecule has 0 saturated carbocycles. The van der Waals surface area contributed by atoms with Crippen molar-refractivity contribution in [2.45, 2.75) is 17.6 Å². The van der Waals surface area contributed by atoms with Gasteiger partial charge < -0.3 is 9.52 Å². The molecule has 0 bridgehead atoms. The Bertz CT molecular complexity index is 577. The third-order valence-corrected chi connectivity index (χ3v) is 3.85. The zero-order chi connectivity index (χ0) is 13.1. The van der Waals surface area contributed by atoms with Gasteiger partial charge in [-0.3, -0.25) is 0 Å². The summed E-state index contributed by atoms with van der Waals surface area (Å²) >= 11 is 5.01. The van der Waals surface area contributed by atoms with Gasteiger partial charge in [0.2, 0.25) is 5.76 Å². The maximum absolute atomic E-state index is 10.8. The zero-order valence-corrected chi connectivity index (χ0v) is 12.0. The van der Waals surface area contributed by atoms with Crippen molar-refractivity contribution >= 4 is 33.7 Å². The number of hydrogen-bond donors (Lipinski definition) is 1. The van der Waals surface area contributed by atoms with E-state index in [4.69, 9.17) is 9.52 Å². The van der Waals surface area contributed by atoms with Gasteiger partial charge in [-0.15, -0.1) is 11.8 Å². The van der Waals surface area contributed by atoms with Crippen molar-refractivity contribution in [1.29, 1.82) is 0 Å². The fraction of sp³-hybridized carbons (Fsp3) is 0.154. The van der Waals surface area contributed by atoms with Crippen LogP contribution in [0.2, 0.25) is 0 Å². The number of aryl methyl sites for hydroxylation is 1. The highest BCUT2D eigenvalue weighted by Gasteiger charge is 2.14. The maximum Gasteiger partial charge on any atom is 0.372 e. The highest BCUT2D eigenvalue weighted by atomic mass is 79.9. The van der Waals surface area contributed by atoms with Crippen LogP contribution in [0.1, 0.15) is 21.9 Å². The molecule has 0 saturated heterocycles. The molecule has 0 amide bonds. The van der Waals surface area contributed by atoms with Crippen LogP contribution in [0.4, 0.5) is 0 Å². The lowest BCUT2D eigenvalue weighted by Crippen LogP contribution is -1.94. The standard InChI is InChI=1S/C13H11BrO3S/c1-8-5-10(17-12(8)13(15)16)7-18-11-4-2-3-9(14)6-11/h2-6H,7H2,1H3,(H,15,16). The molecule has 2 aromatic rings. The van der Waals surface area contributed by atoms with Gasteiger partial charge >= 0.3 is 5.97 Å². The fourth-order valence-electron chi connectivity index (χ4n) is 1.54. The number of hydrogen-bond acceptors (Lipinski definition) is 3. The van der Waals surface area contributed by atoms with Crippen LogP contribution >= 0.6 is 27.7 Å². The van der Waals surface area contributed by atoms with E-state index in [0.717, 1.165) is 9.37 Å². The van der Waals surface area contributed by atoms with E-state index in [9.17, 15) is 4.79 Å². The Morgan fingerprint density at radius 1 is 1.44 bits per heavy atom. The Balaban J connectivity index is 2.06. The van der Waals surface area contributed by atoms with E-state index in [0.29, 0.717) is 17.1 Å². The summed E-state index contributed by atoms with van der Waals surface area (Å²) in [6.45, 7) is 1.74. The molecule has 0 radical (unpaired) electrons. The van der Waals surface area contributed by atoms with Crippen LogP contribution in [0, 0.1) is 6.92 Å². The topological polar surface area (TPSA) is 50.4 Å². The van der Waals surface area contributed by atoms with Gasteiger partial charge in [0.05, 0.1) is 5.75 Å². The molecule has 0 aliphatic carbocycles. The second kappa shape index (κ2) is 5.63. The van der Waals surface area contributed by atoms with E-state index >= 15 is 0 Å². The number of carboxylic acids is 1. The van der Waals surface area contributed by atoms with Crippen molar-refractivity contribution in [3.05, 3.63) is 51.9 Å². The first-order chi connectivity index (χ1) is 8.56. The van der Waals surface area contributed by atoms with Crippen LogP contribution in [-0.4, -0.2) is 11.1 Å². The zero-order valence-electron chi connectivity index (χ0n) is 9.64. The summed E-state index contributed by atoms with van der Waals surface area (Å²) in [6, 6.07) is 9.71. The van der Waals surface area contributed by atoms with Gasteiger partial charge in [-0.2, -0.15) is 0 Å². The average molecular weight is 327 g/mol. The van der Waals surface area contributed by atoms with Gasteiger partial charge in [-0.05, 0) is 31.2 Å². The lowest BCUT2D eigenvalue weighted by Gasteiger charge is -1.99. The van der Waals surface area contributed by atoms with E-state index in [-0.39, 0.29) is 5.76 Å². The summed E-state index contributed by atoms with van der Waals surface area (Å²) in [6.07, 6.45) is 0. The number of carbonyl (C=O) groups is 1. The SMILES string of the molecule is Cc1cc(CSc2cccc(Br)c2)oc1C(=O)O. The van der Waals surface area contributed by atoms with Crippen LogP contribution in [0.5, 0.6) is 0 Å². The van der Waals surface area contributed by atoms with Crippen molar-refractivity contribution in [3.63, 3.8) is 0 Å². The highest BCUT2D eigenvalue weighted by Crippen LogP contribution is 2.27. The third kappa shape index (κ3) is 3.17. The Labute approximate surface area is 117 Å². The fourth-order valence-corrected chi connectivity index (χ4v) is 2.93. The van der Waals surface area contributed by atoms with Gasteiger partial charge in [-0.1, -0.05) is 22.0 Å². The molecular formula is C13H11BrO3S. The molecule has 0 aliphatic rings. The summed E-state index contributed by atoms with van der Waals surface area (Å²) in [4.78, 5) is 12.0. The minimum Gasteiger partial charge on any atom is -0.475 e. The van der Waals surface area contributed by atoms with Gasteiger partial charge in [0.25, 0.3) is 0 Å². The number of carboxylic acid groups (broad SMARTS) is 1. The largest absolute Gasteiger partial charge is 0.475 e. The molecule has 1 N–H and O–H groups in total. The molecule has 2 rings (SSSR count). The molecule has 3 nitrogen and oxygen atoms in total. The molecule has 0 fully saturated rings. The molecular weight excluding hydrogens is 316 g/mol. The minimum absolute atomic E-state index is 0.0276. The van der Waals surface area contributed by atoms with E-state index < -0.39 is 5.97 Å². The quantitative estimate of drug-likeness (QED) is 0.849. The normalized spacial score (nSPS) is 10.6. The smallest absolute Gasteiger partial charge is 0.372 e. The molecule has 1 aromatic carbocycles. The van der Waals surface area contributed by atoms with E-state index in [2.05, 4.69) is 15.9 Å². The average Bonchev–Trinajstić information content (AvgIpc) is 2.68. The number of thioether (sulfide) groups is 1. The van der Waals surface area contributed by atoms with Crippen LogP contribution in [-0.2, 0) is 5.75 Å². The summed E-state index contributed by atoms with van der Waals surface area (Å²) in [5.41, 5.74) is 0.660. The number of aromatic carboxylic acids is 1. The minimum atomic E-state index is -1.02. The second-order valence-electron chi connectivity index (χ2n) is 3.78. The lowest BCUT2D eigenvalue weighted by molar-refractivity contribution is 0.0659. The molecule has 0 unspecified atom stereocenters. The molecule has 18 heavy (non-hydrogen) atoms. The molecule has 1 aromatic heterocycles. The second-order valence-corrected chi connectivity index (χ2v) is 5.74. The Hall–Kier alpha value is -1.20. The molecule has 5 heteroatoms. The Morgan fingerprint density at radius 3 is 2.83 bits per heavy atom. The Morgan fingerprint density at radius 2 is 2.22 bits per heavy atom. The summed E-state index contributed by atoms with van der Waals surface area (Å²) in [5, 5.41) is 8.89. The molecule has 0 spiro atoms. The number of halogens is 1. The highest BCUT2D eigenvalue weighted by molar-refractivity contribution is 9.10. The number of furan rings is 1. The van der Waals surface area contributed by atoms with E-state index in [1.54, 1.807) is 24.8 Å². The first-order valence-corrected chi connectivity index (χ1v) is 7.05. The monoisotopic (exact) mass is 326 g/mol. The summed E-state index contributed by atoms with van der Waals surface area (Å²) in [7, 11) is 0. The number of rotatable bonds is 4. The van der Waals surface area contributed by atoms with Crippen molar-refractivity contribution < 1.29 is 14.3 Å².